The third-order valence-electron chi connectivity index (χ3n) is 6.19. The summed E-state index contributed by atoms with van der Waals surface area (Å²) in [5.41, 5.74) is 8.67. The van der Waals surface area contributed by atoms with Gasteiger partial charge in [-0.25, -0.2) is 0 Å². The summed E-state index contributed by atoms with van der Waals surface area (Å²) < 4.78 is 0. The second-order valence-electron chi connectivity index (χ2n) is 8.53. The molecule has 5 aromatic rings. The number of anilines is 5. The monoisotopic (exact) mass is 472 g/mol. The van der Waals surface area contributed by atoms with Crippen molar-refractivity contribution in [3.8, 4) is 11.1 Å². The molecule has 0 saturated carbocycles. The van der Waals surface area contributed by atoms with Crippen LogP contribution in [0.1, 0.15) is 11.1 Å². The third kappa shape index (κ3) is 5.01. The van der Waals surface area contributed by atoms with Crippen LogP contribution in [-0.4, -0.2) is 10.2 Å². The van der Waals surface area contributed by atoms with Gasteiger partial charge in [-0.05, 0) is 59.7 Å². The quantitative estimate of drug-likeness (QED) is 0.218. The van der Waals surface area contributed by atoms with Crippen molar-refractivity contribution in [1.29, 1.82) is 0 Å². The van der Waals surface area contributed by atoms with Crippen LogP contribution in [0, 0.1) is 0 Å². The molecule has 0 amide bonds. The molecule has 4 heteroatoms. The zero-order valence-electron chi connectivity index (χ0n) is 19.9. The molecule has 5 aromatic carbocycles. The molecule has 178 valence electrons. The fourth-order valence-electron chi connectivity index (χ4n) is 4.36. The molecule has 0 radical (unpaired) electrons. The van der Waals surface area contributed by atoms with Crippen molar-refractivity contribution in [3.05, 3.63) is 139 Å². The number of hydrogen-bond acceptors (Lipinski definition) is 4. The fraction of sp³-hybridized carbons (Fsp3) is 0.0625. The molecule has 36 heavy (non-hydrogen) atoms. The minimum atomic E-state index is -0.0836. The van der Waals surface area contributed by atoms with Crippen molar-refractivity contribution in [1.82, 2.24) is 0 Å². The van der Waals surface area contributed by atoms with E-state index in [0.29, 0.717) is 0 Å². The van der Waals surface area contributed by atoms with Gasteiger partial charge in [0.05, 0.1) is 13.2 Å². The average Bonchev–Trinajstić information content (AvgIpc) is 2.95. The number of benzene rings is 5. The van der Waals surface area contributed by atoms with Crippen LogP contribution >= 0.6 is 0 Å². The van der Waals surface area contributed by atoms with Crippen LogP contribution in [-0.2, 0) is 13.2 Å². The van der Waals surface area contributed by atoms with Gasteiger partial charge in [0.15, 0.2) is 0 Å². The molecular weight excluding hydrogens is 444 g/mol. The van der Waals surface area contributed by atoms with Crippen molar-refractivity contribution in [2.45, 2.75) is 13.2 Å². The van der Waals surface area contributed by atoms with Crippen molar-refractivity contribution < 1.29 is 10.2 Å². The molecule has 0 aliphatic heterocycles. The summed E-state index contributed by atoms with van der Waals surface area (Å²) in [6.45, 7) is -0.136. The van der Waals surface area contributed by atoms with E-state index < -0.39 is 0 Å². The summed E-state index contributed by atoms with van der Waals surface area (Å²) in [6, 6.07) is 42.9. The predicted molar refractivity (Wildman–Crippen MR) is 148 cm³/mol. The Kier molecular flexibility index (Phi) is 7.08. The molecule has 3 N–H and O–H groups in total. The van der Waals surface area contributed by atoms with Gasteiger partial charge in [0.1, 0.15) is 0 Å². The second kappa shape index (κ2) is 10.9. The minimum absolute atomic E-state index is 0.0528. The van der Waals surface area contributed by atoms with Crippen LogP contribution in [0.15, 0.2) is 127 Å². The van der Waals surface area contributed by atoms with Gasteiger partial charge in [-0.15, -0.1) is 0 Å². The first kappa shape index (κ1) is 23.4. The summed E-state index contributed by atoms with van der Waals surface area (Å²) in [7, 11) is 0. The number of para-hydroxylation sites is 3. The van der Waals surface area contributed by atoms with Crippen molar-refractivity contribution >= 4 is 28.4 Å². The third-order valence-corrected chi connectivity index (χ3v) is 6.19. The van der Waals surface area contributed by atoms with E-state index in [1.165, 1.54) is 0 Å². The summed E-state index contributed by atoms with van der Waals surface area (Å²) >= 11 is 0. The molecule has 0 aliphatic rings. The van der Waals surface area contributed by atoms with E-state index in [4.69, 9.17) is 0 Å². The molecule has 0 aromatic heterocycles. The Morgan fingerprint density at radius 1 is 0.528 bits per heavy atom. The van der Waals surface area contributed by atoms with Crippen LogP contribution < -0.4 is 10.2 Å². The van der Waals surface area contributed by atoms with Crippen molar-refractivity contribution in [2.24, 2.45) is 0 Å². The Hall–Kier alpha value is -4.38. The molecule has 0 fully saturated rings. The molecule has 0 atom stereocenters. The molecule has 4 nitrogen and oxygen atoms in total. The Bertz CT molecular complexity index is 1380. The number of hydrogen-bond donors (Lipinski definition) is 3. The molecular formula is C32H28N2O2. The number of rotatable bonds is 8. The minimum Gasteiger partial charge on any atom is -0.392 e. The van der Waals surface area contributed by atoms with E-state index in [2.05, 4.69) is 64.8 Å². The van der Waals surface area contributed by atoms with Crippen LogP contribution in [0.2, 0.25) is 0 Å². The van der Waals surface area contributed by atoms with Gasteiger partial charge in [-0.1, -0.05) is 78.9 Å². The Morgan fingerprint density at radius 2 is 1.11 bits per heavy atom. The van der Waals surface area contributed by atoms with Gasteiger partial charge in [0.2, 0.25) is 0 Å². The lowest BCUT2D eigenvalue weighted by atomic mass is 10.0. The van der Waals surface area contributed by atoms with Gasteiger partial charge in [0.25, 0.3) is 0 Å². The molecule has 0 aliphatic carbocycles. The normalized spacial score (nSPS) is 10.7. The van der Waals surface area contributed by atoms with E-state index in [1.54, 1.807) is 0 Å². The maximum atomic E-state index is 9.81. The van der Waals surface area contributed by atoms with Gasteiger partial charge in [-0.3, -0.25) is 0 Å². The number of aliphatic hydroxyl groups excluding tert-OH is 2. The van der Waals surface area contributed by atoms with Gasteiger partial charge < -0.3 is 20.4 Å². The zero-order chi connectivity index (χ0) is 24.7. The Labute approximate surface area is 211 Å². The first-order valence-electron chi connectivity index (χ1n) is 12.0. The van der Waals surface area contributed by atoms with Crippen LogP contribution in [0.4, 0.5) is 28.4 Å². The smallest absolute Gasteiger partial charge is 0.0702 e. The lowest BCUT2D eigenvalue weighted by molar-refractivity contribution is 0.278. The standard InChI is InChI=1S/C32H28N2O2/c35-22-24-15-16-26(23-36)32(21-24)33-31-14-8-7-13-30(31)25-17-19-29(20-18-25)34(27-9-3-1-4-10-27)28-11-5-2-6-12-28/h1-21,33,35-36H,22-23H2. The van der Waals surface area contributed by atoms with Crippen molar-refractivity contribution in [3.63, 3.8) is 0 Å². The molecule has 0 bridgehead atoms. The SMILES string of the molecule is OCc1ccc(CO)c(Nc2ccccc2-c2ccc(N(c3ccccc3)c3ccccc3)cc2)c1. The molecule has 0 unspecified atom stereocenters. The zero-order valence-corrected chi connectivity index (χ0v) is 19.9. The highest BCUT2D eigenvalue weighted by atomic mass is 16.3. The van der Waals surface area contributed by atoms with E-state index in [9.17, 15) is 10.2 Å². The summed E-state index contributed by atoms with van der Waals surface area (Å²) in [4.78, 5) is 2.24. The molecule has 0 saturated heterocycles. The lowest BCUT2D eigenvalue weighted by Crippen LogP contribution is -2.09. The summed E-state index contributed by atoms with van der Waals surface area (Å²) in [5, 5.41) is 22.8. The van der Waals surface area contributed by atoms with Crippen LogP contribution in [0.5, 0.6) is 0 Å². The van der Waals surface area contributed by atoms with Crippen LogP contribution in [0.25, 0.3) is 11.1 Å². The average molecular weight is 473 g/mol. The predicted octanol–water partition coefficient (Wildman–Crippen LogP) is 7.55. The fourth-order valence-corrected chi connectivity index (χ4v) is 4.36. The van der Waals surface area contributed by atoms with E-state index in [1.807, 2.05) is 72.8 Å². The van der Waals surface area contributed by atoms with E-state index >= 15 is 0 Å². The molecule has 0 heterocycles. The highest BCUT2D eigenvalue weighted by molar-refractivity contribution is 5.84. The van der Waals surface area contributed by atoms with Gasteiger partial charge in [0, 0.05) is 39.6 Å². The van der Waals surface area contributed by atoms with E-state index in [-0.39, 0.29) is 13.2 Å². The molecule has 5 rings (SSSR count). The largest absolute Gasteiger partial charge is 0.392 e. The first-order valence-corrected chi connectivity index (χ1v) is 12.0. The maximum Gasteiger partial charge on any atom is 0.0702 e. The summed E-state index contributed by atoms with van der Waals surface area (Å²) in [5.74, 6) is 0. The van der Waals surface area contributed by atoms with Crippen molar-refractivity contribution in [2.75, 3.05) is 10.2 Å². The number of aliphatic hydroxyl groups is 2. The molecule has 0 spiro atoms. The van der Waals surface area contributed by atoms with Gasteiger partial charge >= 0.3 is 0 Å². The number of nitrogens with zero attached hydrogens (tertiary/aromatic N) is 1. The lowest BCUT2D eigenvalue weighted by Gasteiger charge is -2.25. The maximum absolute atomic E-state index is 9.81. The highest BCUT2D eigenvalue weighted by Gasteiger charge is 2.13. The van der Waals surface area contributed by atoms with Gasteiger partial charge in [-0.2, -0.15) is 0 Å². The Balaban J connectivity index is 1.50. The number of nitrogens with one attached hydrogen (secondary N) is 1. The summed E-state index contributed by atoms with van der Waals surface area (Å²) in [6.07, 6.45) is 0. The highest BCUT2D eigenvalue weighted by Crippen LogP contribution is 2.37. The van der Waals surface area contributed by atoms with Crippen LogP contribution in [0.3, 0.4) is 0 Å². The van der Waals surface area contributed by atoms with E-state index in [0.717, 1.165) is 50.7 Å². The second-order valence-corrected chi connectivity index (χ2v) is 8.53. The Morgan fingerprint density at radius 3 is 1.72 bits per heavy atom. The topological polar surface area (TPSA) is 55.7 Å². The first-order chi connectivity index (χ1) is 17.8.